The third-order valence-electron chi connectivity index (χ3n) is 8.14. The van der Waals surface area contributed by atoms with Crippen molar-refractivity contribution in [3.05, 3.63) is 69.6 Å². The molecular formula is C36H50N8O11. The fraction of sp³-hybridized carbons (Fsp3) is 0.528. The molecule has 55 heavy (non-hydrogen) atoms. The van der Waals surface area contributed by atoms with Crippen molar-refractivity contribution in [2.45, 2.75) is 26.3 Å². The van der Waals surface area contributed by atoms with E-state index in [0.29, 0.717) is 108 Å². The molecule has 5 amide bonds. The van der Waals surface area contributed by atoms with Gasteiger partial charge in [0.2, 0.25) is 11.8 Å². The number of hydrogen-bond donors (Lipinski definition) is 5. The smallest absolute Gasteiger partial charge is 0.323 e. The van der Waals surface area contributed by atoms with Crippen LogP contribution in [-0.4, -0.2) is 132 Å². The van der Waals surface area contributed by atoms with Gasteiger partial charge in [0, 0.05) is 54.6 Å². The van der Waals surface area contributed by atoms with Crippen LogP contribution >= 0.6 is 0 Å². The molecule has 19 heteroatoms. The van der Waals surface area contributed by atoms with Gasteiger partial charge >= 0.3 is 12.0 Å². The minimum Gasteiger partial charge on any atom is -0.481 e. The summed E-state index contributed by atoms with van der Waals surface area (Å²) in [5, 5.41) is 23.4. The van der Waals surface area contributed by atoms with Crippen molar-refractivity contribution >= 4 is 41.1 Å². The van der Waals surface area contributed by atoms with Gasteiger partial charge in [-0.15, -0.1) is 0 Å². The van der Waals surface area contributed by atoms with Crippen molar-refractivity contribution in [1.29, 1.82) is 0 Å². The van der Waals surface area contributed by atoms with Crippen LogP contribution in [-0.2, 0) is 44.6 Å². The van der Waals surface area contributed by atoms with E-state index < -0.39 is 30.2 Å². The highest BCUT2D eigenvalue weighted by molar-refractivity contribution is 6.02. The number of carboxylic acid groups (broad SMARTS) is 1. The Morgan fingerprint density at radius 3 is 2.07 bits per heavy atom. The van der Waals surface area contributed by atoms with E-state index in [1.165, 1.54) is 4.90 Å². The zero-order chi connectivity index (χ0) is 39.7. The van der Waals surface area contributed by atoms with Crippen molar-refractivity contribution in [1.82, 2.24) is 15.5 Å². The molecule has 1 aliphatic rings. The Bertz CT molecular complexity index is 1590. The van der Waals surface area contributed by atoms with E-state index in [0.717, 1.165) is 5.56 Å². The minimum absolute atomic E-state index is 0.190. The van der Waals surface area contributed by atoms with Gasteiger partial charge in [0.25, 0.3) is 5.91 Å². The number of aliphatic carboxylic acids is 1. The topological polar surface area (TPSA) is 252 Å². The quantitative estimate of drug-likeness (QED) is 0.0306. The molecular weight excluding hydrogens is 720 g/mol. The Kier molecular flexibility index (Phi) is 20.6. The van der Waals surface area contributed by atoms with Gasteiger partial charge in [0.15, 0.2) is 0 Å². The molecule has 300 valence electrons. The number of nitrogens with zero attached hydrogens (tertiary/aromatic N) is 4. The molecule has 0 spiro atoms. The van der Waals surface area contributed by atoms with Crippen LogP contribution in [0.2, 0.25) is 0 Å². The van der Waals surface area contributed by atoms with Crippen molar-refractivity contribution in [2.24, 2.45) is 11.0 Å². The van der Waals surface area contributed by atoms with Gasteiger partial charge in [0.05, 0.1) is 72.0 Å². The molecule has 1 aliphatic heterocycles. The Morgan fingerprint density at radius 2 is 1.45 bits per heavy atom. The Morgan fingerprint density at radius 1 is 0.836 bits per heavy atom. The normalized spacial score (nSPS) is 13.5. The number of rotatable bonds is 26. The van der Waals surface area contributed by atoms with Crippen molar-refractivity contribution in [3.63, 3.8) is 0 Å². The van der Waals surface area contributed by atoms with Gasteiger partial charge in [-0.3, -0.25) is 19.2 Å². The molecule has 2 aromatic rings. The van der Waals surface area contributed by atoms with E-state index in [2.05, 4.69) is 31.3 Å². The van der Waals surface area contributed by atoms with E-state index in [1.54, 1.807) is 49.4 Å². The van der Waals surface area contributed by atoms with Crippen LogP contribution in [0, 0.1) is 12.8 Å². The van der Waals surface area contributed by atoms with Crippen LogP contribution in [0.25, 0.3) is 10.4 Å². The zero-order valence-corrected chi connectivity index (χ0v) is 31.0. The van der Waals surface area contributed by atoms with Gasteiger partial charge in [-0.25, -0.2) is 4.79 Å². The summed E-state index contributed by atoms with van der Waals surface area (Å²) in [7, 11) is 0. The Labute approximate surface area is 319 Å². The van der Waals surface area contributed by atoms with E-state index in [4.69, 9.17) is 34.3 Å². The summed E-state index contributed by atoms with van der Waals surface area (Å²) in [4.78, 5) is 65.0. The fourth-order valence-electron chi connectivity index (χ4n) is 5.25. The predicted molar refractivity (Wildman–Crippen MR) is 199 cm³/mol. The van der Waals surface area contributed by atoms with Gasteiger partial charge < -0.3 is 55.0 Å². The monoisotopic (exact) mass is 770 g/mol. The number of benzene rings is 2. The molecule has 0 aromatic heterocycles. The molecule has 0 saturated carbocycles. The summed E-state index contributed by atoms with van der Waals surface area (Å²) in [5.41, 5.74) is 10.9. The van der Waals surface area contributed by atoms with E-state index in [1.807, 2.05) is 0 Å². The fourth-order valence-corrected chi connectivity index (χ4v) is 5.25. The molecule has 3 rings (SSSR count). The highest BCUT2D eigenvalue weighted by Crippen LogP contribution is 2.20. The lowest BCUT2D eigenvalue weighted by Gasteiger charge is -2.15. The molecule has 0 bridgehead atoms. The summed E-state index contributed by atoms with van der Waals surface area (Å²) >= 11 is 0. The largest absolute Gasteiger partial charge is 0.481 e. The maximum absolute atomic E-state index is 12.8. The number of amides is 5. The first-order chi connectivity index (χ1) is 26.7. The molecule has 0 radical (unpaired) electrons. The van der Waals surface area contributed by atoms with Gasteiger partial charge in [-0.1, -0.05) is 23.3 Å². The maximum Gasteiger partial charge on any atom is 0.323 e. The number of urea groups is 1. The number of likely N-dealkylation sites (tertiary alicyclic amines) is 1. The summed E-state index contributed by atoms with van der Waals surface area (Å²) in [6.45, 7) is 7.02. The van der Waals surface area contributed by atoms with E-state index in [-0.39, 0.29) is 31.4 Å². The number of anilines is 2. The lowest BCUT2D eigenvalue weighted by atomic mass is 10.1. The summed E-state index contributed by atoms with van der Waals surface area (Å²) in [6, 6.07) is 11.4. The lowest BCUT2D eigenvalue weighted by Crippen LogP contribution is -2.35. The molecule has 2 aromatic carbocycles. The first-order valence-corrected chi connectivity index (χ1v) is 17.9. The molecule has 0 unspecified atom stereocenters. The average Bonchev–Trinajstić information content (AvgIpc) is 3.67. The Hall–Kier alpha value is -5.30. The first-order valence-electron chi connectivity index (χ1n) is 17.9. The standard InChI is InChI=1S/C36H50N8O11/c1-26-30(35(49)38-10-13-51-15-17-53-19-21-55-22-20-54-18-16-52-14-11-40-43-37)3-2-4-31(26)42-36(50)41-29-7-5-27(6-8-29)24-39-34(48)28-9-12-44(25-28)32(45)23-33(46)47/h2-8,28H,9-25H2,1H3,(H,38,49)(H,39,48)(H,46,47)(H2,41,42,50)/t28-/m0/s1. The third-order valence-corrected chi connectivity index (χ3v) is 8.14. The molecule has 1 heterocycles. The van der Waals surface area contributed by atoms with Crippen LogP contribution in [0.4, 0.5) is 16.2 Å². The SMILES string of the molecule is Cc1c(NC(=O)Nc2ccc(CNC(=O)[C@H]3CCN(C(=O)CC(=O)O)C3)cc2)cccc1C(=O)NCCOCCOCCOCCOCCOCCN=[N+]=[N-]. The summed E-state index contributed by atoms with van der Waals surface area (Å²) in [5.74, 6) is -2.62. The average molecular weight is 771 g/mol. The minimum atomic E-state index is -1.20. The van der Waals surface area contributed by atoms with Gasteiger partial charge in [0.1, 0.15) is 6.42 Å². The number of ether oxygens (including phenoxy) is 5. The second kappa shape index (κ2) is 25.7. The molecule has 1 atom stereocenters. The van der Waals surface area contributed by atoms with Crippen molar-refractivity contribution < 1.29 is 52.8 Å². The molecule has 1 saturated heterocycles. The highest BCUT2D eigenvalue weighted by Gasteiger charge is 2.31. The number of carbonyl (C=O) groups is 5. The predicted octanol–water partition coefficient (Wildman–Crippen LogP) is 2.70. The number of nitrogens with one attached hydrogen (secondary N) is 4. The second-order valence-electron chi connectivity index (χ2n) is 12.1. The molecule has 19 nitrogen and oxygen atoms in total. The number of carbonyl (C=O) groups excluding carboxylic acids is 4. The van der Waals surface area contributed by atoms with Crippen LogP contribution in [0.15, 0.2) is 47.6 Å². The third kappa shape index (κ3) is 17.6. The lowest BCUT2D eigenvalue weighted by molar-refractivity contribution is -0.143. The molecule has 0 aliphatic carbocycles. The highest BCUT2D eigenvalue weighted by atomic mass is 16.6. The zero-order valence-electron chi connectivity index (χ0n) is 31.0. The van der Waals surface area contributed by atoms with Crippen molar-refractivity contribution in [3.8, 4) is 0 Å². The maximum atomic E-state index is 12.8. The first kappa shape index (κ1) is 44.1. The Balaban J connectivity index is 1.24. The number of hydrogen-bond acceptors (Lipinski definition) is 11. The van der Waals surface area contributed by atoms with E-state index in [9.17, 15) is 24.0 Å². The van der Waals surface area contributed by atoms with Crippen LogP contribution in [0.1, 0.15) is 34.3 Å². The van der Waals surface area contributed by atoms with Crippen molar-refractivity contribution in [2.75, 3.05) is 103 Å². The number of azide groups is 1. The summed E-state index contributed by atoms with van der Waals surface area (Å²) < 4.78 is 27.0. The van der Waals surface area contributed by atoms with Crippen LogP contribution in [0.5, 0.6) is 0 Å². The van der Waals surface area contributed by atoms with E-state index >= 15 is 0 Å². The van der Waals surface area contributed by atoms with Crippen LogP contribution < -0.4 is 21.3 Å². The summed E-state index contributed by atoms with van der Waals surface area (Å²) in [6.07, 6.45) is -0.124. The van der Waals surface area contributed by atoms with Crippen LogP contribution in [0.3, 0.4) is 0 Å². The molecule has 1 fully saturated rings. The van der Waals surface area contributed by atoms with Gasteiger partial charge in [-0.2, -0.15) is 0 Å². The molecule has 5 N–H and O–H groups in total. The second-order valence-corrected chi connectivity index (χ2v) is 12.1. The number of carboxylic acids is 1. The van der Waals surface area contributed by atoms with Gasteiger partial charge in [-0.05, 0) is 54.3 Å².